The first-order chi connectivity index (χ1) is 7.74. The van der Waals surface area contributed by atoms with Gasteiger partial charge in [-0.15, -0.1) is 0 Å². The van der Waals surface area contributed by atoms with E-state index in [4.69, 9.17) is 9.73 Å². The van der Waals surface area contributed by atoms with Crippen molar-refractivity contribution in [2.24, 2.45) is 4.99 Å². The zero-order valence-corrected chi connectivity index (χ0v) is 11.6. The molecule has 92 valence electrons. The third-order valence-electron chi connectivity index (χ3n) is 3.05. The molecule has 0 bridgehead atoms. The number of aliphatic imine (C=N–C) groups is 1. The molecule has 16 heavy (non-hydrogen) atoms. The minimum atomic E-state index is 0.279. The topological polar surface area (TPSA) is 33.6 Å². The molecule has 0 aliphatic carbocycles. The molecule has 0 aromatic carbocycles. The highest BCUT2D eigenvalue weighted by molar-refractivity contribution is 8.14. The van der Waals surface area contributed by atoms with Crippen molar-refractivity contribution in [2.75, 3.05) is 31.0 Å². The fourth-order valence-electron chi connectivity index (χ4n) is 2.09. The molecule has 2 fully saturated rings. The standard InChI is InChI=1S/C11H20N2OS2/c1-9(7-15-2)12-10-13-11(8-16-10)3-5-14-6-4-11/h9H,3-8H2,1-2H3,(H,12,13). The van der Waals surface area contributed by atoms with Crippen molar-refractivity contribution < 1.29 is 4.74 Å². The van der Waals surface area contributed by atoms with Gasteiger partial charge in [-0.25, -0.2) is 0 Å². The van der Waals surface area contributed by atoms with Gasteiger partial charge in [0.25, 0.3) is 0 Å². The number of nitrogens with zero attached hydrogens (tertiary/aromatic N) is 1. The summed E-state index contributed by atoms with van der Waals surface area (Å²) in [5.74, 6) is 2.25. The Morgan fingerprint density at radius 1 is 1.56 bits per heavy atom. The number of amidine groups is 1. The molecule has 5 heteroatoms. The van der Waals surface area contributed by atoms with Crippen LogP contribution in [-0.4, -0.2) is 47.7 Å². The summed E-state index contributed by atoms with van der Waals surface area (Å²) in [5.41, 5.74) is 0.279. The van der Waals surface area contributed by atoms with Gasteiger partial charge in [-0.05, 0) is 26.0 Å². The molecule has 2 aliphatic rings. The number of ether oxygens (including phenoxy) is 1. The molecule has 1 N–H and O–H groups in total. The van der Waals surface area contributed by atoms with Crippen molar-refractivity contribution in [1.29, 1.82) is 0 Å². The van der Waals surface area contributed by atoms with E-state index in [1.54, 1.807) is 0 Å². The summed E-state index contributed by atoms with van der Waals surface area (Å²) in [6, 6.07) is 0.417. The van der Waals surface area contributed by atoms with Gasteiger partial charge in [0.1, 0.15) is 0 Å². The monoisotopic (exact) mass is 260 g/mol. The van der Waals surface area contributed by atoms with E-state index in [1.807, 2.05) is 23.5 Å². The Kier molecular flexibility index (Phi) is 4.44. The first-order valence-corrected chi connectivity index (χ1v) is 8.17. The molecule has 0 aromatic heterocycles. The van der Waals surface area contributed by atoms with E-state index < -0.39 is 0 Å². The minimum Gasteiger partial charge on any atom is -0.381 e. The minimum absolute atomic E-state index is 0.279. The van der Waals surface area contributed by atoms with Crippen molar-refractivity contribution in [3.63, 3.8) is 0 Å². The number of hydrogen-bond donors (Lipinski definition) is 1. The summed E-state index contributed by atoms with van der Waals surface area (Å²) in [4.78, 5) is 4.72. The fraction of sp³-hybridized carbons (Fsp3) is 0.909. The Morgan fingerprint density at radius 2 is 2.31 bits per heavy atom. The Bertz CT molecular complexity index is 265. The van der Waals surface area contributed by atoms with Gasteiger partial charge >= 0.3 is 0 Å². The fourth-order valence-corrected chi connectivity index (χ4v) is 3.96. The van der Waals surface area contributed by atoms with Crippen LogP contribution in [0.15, 0.2) is 4.99 Å². The average molecular weight is 260 g/mol. The summed E-state index contributed by atoms with van der Waals surface area (Å²) in [6.07, 6.45) is 4.37. The zero-order chi connectivity index (χ0) is 11.4. The van der Waals surface area contributed by atoms with Crippen molar-refractivity contribution in [1.82, 2.24) is 5.32 Å². The maximum Gasteiger partial charge on any atom is 0.157 e. The van der Waals surface area contributed by atoms with E-state index in [0.29, 0.717) is 6.04 Å². The van der Waals surface area contributed by atoms with Crippen molar-refractivity contribution in [3.8, 4) is 0 Å². The number of nitrogens with one attached hydrogen (secondary N) is 1. The van der Waals surface area contributed by atoms with Crippen LogP contribution in [0.4, 0.5) is 0 Å². The molecule has 0 radical (unpaired) electrons. The highest BCUT2D eigenvalue weighted by Gasteiger charge is 2.38. The predicted molar refractivity (Wildman–Crippen MR) is 73.7 cm³/mol. The van der Waals surface area contributed by atoms with E-state index in [2.05, 4.69) is 18.5 Å². The van der Waals surface area contributed by atoms with E-state index in [0.717, 1.165) is 42.7 Å². The Labute approximate surface area is 106 Å². The van der Waals surface area contributed by atoms with Gasteiger partial charge in [0, 0.05) is 24.7 Å². The first kappa shape index (κ1) is 12.6. The molecule has 2 aliphatic heterocycles. The highest BCUT2D eigenvalue weighted by Crippen LogP contribution is 2.31. The lowest BCUT2D eigenvalue weighted by Crippen LogP contribution is -2.48. The van der Waals surface area contributed by atoms with Gasteiger partial charge in [-0.3, -0.25) is 4.99 Å². The second-order valence-electron chi connectivity index (χ2n) is 4.54. The molecule has 0 aromatic rings. The van der Waals surface area contributed by atoms with Crippen LogP contribution in [-0.2, 0) is 4.74 Å². The molecular weight excluding hydrogens is 240 g/mol. The molecule has 2 saturated heterocycles. The Hall–Kier alpha value is 0.130. The lowest BCUT2D eigenvalue weighted by molar-refractivity contribution is 0.0555. The van der Waals surface area contributed by atoms with Crippen LogP contribution in [0.25, 0.3) is 0 Å². The zero-order valence-electron chi connectivity index (χ0n) is 9.99. The van der Waals surface area contributed by atoms with Crippen molar-refractivity contribution in [3.05, 3.63) is 0 Å². The number of hydrogen-bond acceptors (Lipinski definition) is 4. The van der Waals surface area contributed by atoms with Crippen LogP contribution >= 0.6 is 23.5 Å². The lowest BCUT2D eigenvalue weighted by atomic mass is 9.93. The number of thioether (sulfide) groups is 2. The molecule has 2 heterocycles. The summed E-state index contributed by atoms with van der Waals surface area (Å²) in [7, 11) is 0. The SMILES string of the molecule is CSCC(C)N=C1NC2(CCOCC2)CS1. The van der Waals surface area contributed by atoms with Gasteiger partial charge < -0.3 is 10.1 Å². The third-order valence-corrected chi connectivity index (χ3v) is 5.05. The van der Waals surface area contributed by atoms with E-state index in [9.17, 15) is 0 Å². The normalized spacial score (nSPS) is 28.2. The van der Waals surface area contributed by atoms with Crippen LogP contribution in [0.1, 0.15) is 19.8 Å². The van der Waals surface area contributed by atoms with Crippen LogP contribution in [0, 0.1) is 0 Å². The van der Waals surface area contributed by atoms with Crippen LogP contribution in [0.5, 0.6) is 0 Å². The molecule has 1 spiro atoms. The van der Waals surface area contributed by atoms with E-state index in [1.165, 1.54) is 0 Å². The highest BCUT2D eigenvalue weighted by atomic mass is 32.2. The molecule has 0 amide bonds. The summed E-state index contributed by atoms with van der Waals surface area (Å²) < 4.78 is 5.42. The smallest absolute Gasteiger partial charge is 0.157 e. The van der Waals surface area contributed by atoms with Crippen molar-refractivity contribution in [2.45, 2.75) is 31.3 Å². The summed E-state index contributed by atoms with van der Waals surface area (Å²) in [5, 5.41) is 4.76. The predicted octanol–water partition coefficient (Wildman–Crippen LogP) is 1.98. The second kappa shape index (κ2) is 5.65. The molecule has 1 atom stereocenters. The van der Waals surface area contributed by atoms with Gasteiger partial charge in [-0.2, -0.15) is 11.8 Å². The maximum absolute atomic E-state index is 5.42. The molecule has 1 unspecified atom stereocenters. The van der Waals surface area contributed by atoms with Gasteiger partial charge in [0.2, 0.25) is 0 Å². The average Bonchev–Trinajstić information content (AvgIpc) is 2.63. The molecular formula is C11H20N2OS2. The molecule has 0 saturated carbocycles. The van der Waals surface area contributed by atoms with Crippen LogP contribution in [0.2, 0.25) is 0 Å². The number of rotatable bonds is 3. The van der Waals surface area contributed by atoms with Gasteiger partial charge in [0.15, 0.2) is 5.17 Å². The van der Waals surface area contributed by atoms with E-state index in [-0.39, 0.29) is 5.54 Å². The lowest BCUT2D eigenvalue weighted by Gasteiger charge is -2.32. The summed E-state index contributed by atoms with van der Waals surface area (Å²) >= 11 is 3.73. The summed E-state index contributed by atoms with van der Waals surface area (Å²) in [6.45, 7) is 3.96. The van der Waals surface area contributed by atoms with Gasteiger partial charge in [0.05, 0.1) is 11.6 Å². The first-order valence-electron chi connectivity index (χ1n) is 5.80. The Balaban J connectivity index is 1.91. The second-order valence-corrected chi connectivity index (χ2v) is 6.42. The third kappa shape index (κ3) is 3.08. The Morgan fingerprint density at radius 3 is 3.00 bits per heavy atom. The quantitative estimate of drug-likeness (QED) is 0.841. The van der Waals surface area contributed by atoms with Crippen LogP contribution < -0.4 is 5.32 Å². The molecule has 3 nitrogen and oxygen atoms in total. The van der Waals surface area contributed by atoms with E-state index >= 15 is 0 Å². The maximum atomic E-state index is 5.42. The largest absolute Gasteiger partial charge is 0.381 e. The van der Waals surface area contributed by atoms with Crippen molar-refractivity contribution >= 4 is 28.7 Å². The molecule has 2 rings (SSSR count). The van der Waals surface area contributed by atoms with Crippen LogP contribution in [0.3, 0.4) is 0 Å². The van der Waals surface area contributed by atoms with Gasteiger partial charge in [-0.1, -0.05) is 11.8 Å².